The number of aromatic nitrogens is 1. The van der Waals surface area contributed by atoms with Gasteiger partial charge in [0.15, 0.2) is 5.76 Å². The van der Waals surface area contributed by atoms with E-state index in [1.807, 2.05) is 0 Å². The Morgan fingerprint density at radius 3 is 2.21 bits per heavy atom. The lowest BCUT2D eigenvalue weighted by Crippen LogP contribution is -2.48. The summed E-state index contributed by atoms with van der Waals surface area (Å²) in [5, 5.41) is 3.76. The first-order valence-corrected chi connectivity index (χ1v) is 9.64. The minimum Gasteiger partial charge on any atom is -0.369 e. The lowest BCUT2D eigenvalue weighted by molar-refractivity contribution is 0.378. The van der Waals surface area contributed by atoms with Gasteiger partial charge < -0.3 is 9.42 Å². The fraction of sp³-hybridized carbons (Fsp3) is 0.471. The van der Waals surface area contributed by atoms with E-state index in [9.17, 15) is 8.42 Å². The third-order valence-electron chi connectivity index (χ3n) is 4.51. The summed E-state index contributed by atoms with van der Waals surface area (Å²) in [5.41, 5.74) is 2.87. The number of rotatable bonds is 4. The van der Waals surface area contributed by atoms with Crippen molar-refractivity contribution in [2.24, 2.45) is 0 Å². The van der Waals surface area contributed by atoms with Crippen LogP contribution in [-0.4, -0.2) is 44.1 Å². The van der Waals surface area contributed by atoms with E-state index in [1.54, 1.807) is 13.8 Å². The van der Waals surface area contributed by atoms with Gasteiger partial charge >= 0.3 is 0 Å². The smallest absolute Gasteiger partial charge is 0.248 e. The van der Waals surface area contributed by atoms with E-state index >= 15 is 0 Å². The van der Waals surface area contributed by atoms with Crippen molar-refractivity contribution in [2.75, 3.05) is 31.1 Å². The van der Waals surface area contributed by atoms with Crippen LogP contribution in [0.5, 0.6) is 0 Å². The average molecular weight is 349 g/mol. The van der Waals surface area contributed by atoms with Gasteiger partial charge in [-0.3, -0.25) is 0 Å². The number of piperazine rings is 1. The molecule has 2 aromatic rings. The van der Waals surface area contributed by atoms with Crippen LogP contribution in [0, 0.1) is 13.8 Å². The molecule has 0 atom stereocenters. The molecule has 1 aromatic heterocycles. The molecule has 0 N–H and O–H groups in total. The molecular formula is C17H23N3O3S. The topological polar surface area (TPSA) is 66.7 Å². The SMILES string of the molecule is CCc1ccc(N2CCN(S(=O)(=O)c3c(C)noc3C)CC2)cc1. The fourth-order valence-electron chi connectivity index (χ4n) is 3.10. The highest BCUT2D eigenvalue weighted by Gasteiger charge is 2.33. The molecule has 1 aliphatic rings. The monoisotopic (exact) mass is 349 g/mol. The second kappa shape index (κ2) is 6.57. The number of hydrogen-bond donors (Lipinski definition) is 0. The Hall–Kier alpha value is -1.86. The first-order chi connectivity index (χ1) is 11.4. The molecule has 1 aromatic carbocycles. The third kappa shape index (κ3) is 3.06. The molecule has 0 unspecified atom stereocenters. The van der Waals surface area contributed by atoms with Gasteiger partial charge in [0.05, 0.1) is 0 Å². The molecule has 7 heteroatoms. The molecule has 0 bridgehead atoms. The fourth-order valence-corrected chi connectivity index (χ4v) is 4.81. The number of anilines is 1. The van der Waals surface area contributed by atoms with Gasteiger partial charge in [-0.15, -0.1) is 0 Å². The molecule has 130 valence electrons. The maximum Gasteiger partial charge on any atom is 0.248 e. The highest BCUT2D eigenvalue weighted by molar-refractivity contribution is 7.89. The van der Waals surface area contributed by atoms with Gasteiger partial charge in [0.25, 0.3) is 0 Å². The summed E-state index contributed by atoms with van der Waals surface area (Å²) < 4.78 is 32.2. The van der Waals surface area contributed by atoms with Crippen molar-refractivity contribution in [1.29, 1.82) is 0 Å². The maximum atomic E-state index is 12.8. The van der Waals surface area contributed by atoms with Gasteiger partial charge in [-0.05, 0) is 38.0 Å². The van der Waals surface area contributed by atoms with Crippen molar-refractivity contribution in [3.05, 3.63) is 41.3 Å². The molecule has 24 heavy (non-hydrogen) atoms. The Bertz CT molecular complexity index is 785. The van der Waals surface area contributed by atoms with E-state index in [2.05, 4.69) is 41.2 Å². The van der Waals surface area contributed by atoms with Crippen molar-refractivity contribution >= 4 is 15.7 Å². The zero-order chi connectivity index (χ0) is 17.3. The molecule has 2 heterocycles. The van der Waals surface area contributed by atoms with Crippen molar-refractivity contribution in [1.82, 2.24) is 9.46 Å². The largest absolute Gasteiger partial charge is 0.369 e. The van der Waals surface area contributed by atoms with E-state index in [0.717, 1.165) is 12.1 Å². The quantitative estimate of drug-likeness (QED) is 0.848. The number of sulfonamides is 1. The van der Waals surface area contributed by atoms with Crippen molar-refractivity contribution in [3.63, 3.8) is 0 Å². The molecule has 1 fully saturated rings. The lowest BCUT2D eigenvalue weighted by Gasteiger charge is -2.35. The van der Waals surface area contributed by atoms with Crippen LogP contribution in [-0.2, 0) is 16.4 Å². The van der Waals surface area contributed by atoms with Crippen LogP contribution in [0.25, 0.3) is 0 Å². The van der Waals surface area contributed by atoms with Gasteiger partial charge in [0.1, 0.15) is 10.6 Å². The van der Waals surface area contributed by atoms with E-state index < -0.39 is 10.0 Å². The van der Waals surface area contributed by atoms with Gasteiger partial charge in [-0.2, -0.15) is 4.31 Å². The highest BCUT2D eigenvalue weighted by Crippen LogP contribution is 2.25. The predicted molar refractivity (Wildman–Crippen MR) is 92.8 cm³/mol. The highest BCUT2D eigenvalue weighted by atomic mass is 32.2. The number of hydrogen-bond acceptors (Lipinski definition) is 5. The van der Waals surface area contributed by atoms with Crippen molar-refractivity contribution < 1.29 is 12.9 Å². The first kappa shape index (κ1) is 17.0. The molecule has 0 radical (unpaired) electrons. The Morgan fingerprint density at radius 1 is 1.08 bits per heavy atom. The van der Waals surface area contributed by atoms with Crippen LogP contribution < -0.4 is 4.90 Å². The van der Waals surface area contributed by atoms with E-state index in [1.165, 1.54) is 9.87 Å². The minimum absolute atomic E-state index is 0.211. The molecule has 0 amide bonds. The van der Waals surface area contributed by atoms with Crippen LogP contribution in [0.2, 0.25) is 0 Å². The number of aryl methyl sites for hydroxylation is 3. The molecule has 0 aliphatic carbocycles. The number of nitrogens with zero attached hydrogens (tertiary/aromatic N) is 3. The zero-order valence-corrected chi connectivity index (χ0v) is 15.1. The number of benzene rings is 1. The second-order valence-electron chi connectivity index (χ2n) is 6.06. The molecule has 3 rings (SSSR count). The molecule has 0 spiro atoms. The van der Waals surface area contributed by atoms with Crippen molar-refractivity contribution in [3.8, 4) is 0 Å². The Kier molecular flexibility index (Phi) is 4.64. The van der Waals surface area contributed by atoms with E-state index in [4.69, 9.17) is 4.52 Å². The van der Waals surface area contributed by atoms with Crippen LogP contribution in [0.1, 0.15) is 23.9 Å². The summed E-state index contributed by atoms with van der Waals surface area (Å²) >= 11 is 0. The Labute approximate surface area is 143 Å². The second-order valence-corrected chi connectivity index (χ2v) is 7.94. The van der Waals surface area contributed by atoms with Gasteiger partial charge in [-0.1, -0.05) is 24.2 Å². The van der Waals surface area contributed by atoms with Crippen LogP contribution >= 0.6 is 0 Å². The maximum absolute atomic E-state index is 12.8. The standard InChI is InChI=1S/C17H23N3O3S/c1-4-15-5-7-16(8-6-15)19-9-11-20(12-10-19)24(21,22)17-13(2)18-23-14(17)3/h5-8H,4,9-12H2,1-3H3. The van der Waals surface area contributed by atoms with Crippen LogP contribution in [0.15, 0.2) is 33.7 Å². The lowest BCUT2D eigenvalue weighted by atomic mass is 10.1. The molecule has 0 saturated carbocycles. The Balaban J connectivity index is 1.72. The van der Waals surface area contributed by atoms with Crippen LogP contribution in [0.4, 0.5) is 5.69 Å². The summed E-state index contributed by atoms with van der Waals surface area (Å²) in [6, 6.07) is 8.47. The summed E-state index contributed by atoms with van der Waals surface area (Å²) in [6.45, 7) is 7.70. The van der Waals surface area contributed by atoms with Gasteiger partial charge in [0, 0.05) is 31.9 Å². The summed E-state index contributed by atoms with van der Waals surface area (Å²) in [7, 11) is -3.55. The third-order valence-corrected chi connectivity index (χ3v) is 6.66. The first-order valence-electron chi connectivity index (χ1n) is 8.20. The normalized spacial score (nSPS) is 16.5. The Morgan fingerprint density at radius 2 is 1.71 bits per heavy atom. The van der Waals surface area contributed by atoms with E-state index in [0.29, 0.717) is 37.6 Å². The zero-order valence-electron chi connectivity index (χ0n) is 14.3. The molecule has 1 aliphatic heterocycles. The average Bonchev–Trinajstić information content (AvgIpc) is 2.94. The van der Waals surface area contributed by atoms with Crippen LogP contribution in [0.3, 0.4) is 0 Å². The summed E-state index contributed by atoms with van der Waals surface area (Å²) in [6.07, 6.45) is 1.02. The van der Waals surface area contributed by atoms with Crippen molar-refractivity contribution in [2.45, 2.75) is 32.1 Å². The van der Waals surface area contributed by atoms with Gasteiger partial charge in [-0.25, -0.2) is 8.42 Å². The predicted octanol–water partition coefficient (Wildman–Crippen LogP) is 2.36. The molecule has 6 nitrogen and oxygen atoms in total. The minimum atomic E-state index is -3.55. The molecular weight excluding hydrogens is 326 g/mol. The van der Waals surface area contributed by atoms with Gasteiger partial charge in [0.2, 0.25) is 10.0 Å². The summed E-state index contributed by atoms with van der Waals surface area (Å²) in [5.74, 6) is 0.352. The molecule has 1 saturated heterocycles. The van der Waals surface area contributed by atoms with E-state index in [-0.39, 0.29) is 4.90 Å². The summed E-state index contributed by atoms with van der Waals surface area (Å²) in [4.78, 5) is 2.43.